The van der Waals surface area contributed by atoms with E-state index < -0.39 is 17.8 Å². The highest BCUT2D eigenvalue weighted by Crippen LogP contribution is 2.45. The van der Waals surface area contributed by atoms with Crippen molar-refractivity contribution >= 4 is 17.8 Å². The zero-order valence-electron chi connectivity index (χ0n) is 27.1. The number of fused-ring (bicyclic) bond motifs is 5. The Hall–Kier alpha value is -1.77. The van der Waals surface area contributed by atoms with Gasteiger partial charge in [-0.25, -0.2) is 0 Å². The predicted molar refractivity (Wildman–Crippen MR) is 167 cm³/mol. The molecule has 0 spiro atoms. The van der Waals surface area contributed by atoms with Gasteiger partial charge >= 0.3 is 5.97 Å². The Labute approximate surface area is 260 Å². The first-order valence-electron chi connectivity index (χ1n) is 17.6. The van der Waals surface area contributed by atoms with Crippen LogP contribution in [0.5, 0.6) is 0 Å². The first-order chi connectivity index (χ1) is 21.1. The average molecular weight is 606 g/mol. The van der Waals surface area contributed by atoms with E-state index in [0.717, 1.165) is 12.8 Å². The summed E-state index contributed by atoms with van der Waals surface area (Å²) in [5, 5.41) is 0. The van der Waals surface area contributed by atoms with Crippen LogP contribution in [0.2, 0.25) is 0 Å². The van der Waals surface area contributed by atoms with E-state index in [1.807, 2.05) is 12.2 Å². The van der Waals surface area contributed by atoms with Crippen LogP contribution in [0.1, 0.15) is 123 Å². The van der Waals surface area contributed by atoms with Crippen molar-refractivity contribution in [1.82, 2.24) is 4.90 Å². The molecule has 3 aliphatic rings. The van der Waals surface area contributed by atoms with Crippen LogP contribution < -0.4 is 0 Å². The zero-order chi connectivity index (χ0) is 30.7. The molecule has 0 aromatic carbocycles. The van der Waals surface area contributed by atoms with E-state index in [4.69, 9.17) is 18.9 Å². The fraction of sp³-hybridized carbons (Fsp3) is 0.857. The minimum absolute atomic E-state index is 0.00845. The van der Waals surface area contributed by atoms with Crippen molar-refractivity contribution in [2.45, 2.75) is 135 Å². The van der Waals surface area contributed by atoms with Gasteiger partial charge in [0.15, 0.2) is 0 Å². The van der Waals surface area contributed by atoms with Gasteiger partial charge in [-0.2, -0.15) is 0 Å². The van der Waals surface area contributed by atoms with Crippen molar-refractivity contribution in [3.63, 3.8) is 0 Å². The number of hydrogen-bond acceptors (Lipinski definition) is 7. The molecule has 2 saturated heterocycles. The monoisotopic (exact) mass is 605 g/mol. The third kappa shape index (κ3) is 12.3. The second kappa shape index (κ2) is 21.1. The van der Waals surface area contributed by atoms with Gasteiger partial charge in [-0.15, -0.1) is 0 Å². The molecule has 0 aliphatic carbocycles. The molecular weight excluding hydrogens is 546 g/mol. The maximum Gasteiger partial charge on any atom is 0.307 e. The first kappa shape index (κ1) is 35.7. The molecule has 246 valence electrons. The predicted octanol–water partition coefficient (Wildman–Crippen LogP) is 6.79. The number of imide groups is 1. The van der Waals surface area contributed by atoms with Crippen molar-refractivity contribution in [2.24, 2.45) is 17.8 Å². The maximum absolute atomic E-state index is 12.8. The van der Waals surface area contributed by atoms with Crippen LogP contribution in [0, 0.1) is 17.8 Å². The molecule has 8 nitrogen and oxygen atoms in total. The van der Waals surface area contributed by atoms with Crippen molar-refractivity contribution in [3.8, 4) is 0 Å². The molecule has 3 heterocycles. The molecule has 4 atom stereocenters. The molecular formula is C35H59NO7. The molecule has 2 amide bonds. The standard InChI is InChI=1S/C35H59NO7/c1-3-5-7-9-11-13-15-17-23-40-25-28(26-41-24-18-16-14-12-10-8-6-4-2)27-42-31(37)21-22-36-34(38)32-29-19-20-30(43-29)33(32)35(36)39/h19-20,28-30,32-33H,3-18,21-27H2,1-2H3/t29-,30+,32-,33+. The Balaban J connectivity index is 1.31. The number of ether oxygens (including phenoxy) is 4. The number of esters is 1. The minimum Gasteiger partial charge on any atom is -0.465 e. The van der Waals surface area contributed by atoms with E-state index in [2.05, 4.69) is 13.8 Å². The van der Waals surface area contributed by atoms with Crippen LogP contribution in [0.15, 0.2) is 12.2 Å². The van der Waals surface area contributed by atoms with Gasteiger partial charge in [-0.3, -0.25) is 19.3 Å². The summed E-state index contributed by atoms with van der Waals surface area (Å²) in [6.07, 6.45) is 23.2. The Morgan fingerprint density at radius 2 is 1.14 bits per heavy atom. The topological polar surface area (TPSA) is 91.4 Å². The summed E-state index contributed by atoms with van der Waals surface area (Å²) in [4.78, 5) is 39.5. The molecule has 3 aliphatic heterocycles. The van der Waals surface area contributed by atoms with Crippen LogP contribution in [0.25, 0.3) is 0 Å². The highest BCUT2D eigenvalue weighted by molar-refractivity contribution is 6.06. The Morgan fingerprint density at radius 3 is 1.60 bits per heavy atom. The fourth-order valence-corrected chi connectivity index (χ4v) is 6.39. The maximum atomic E-state index is 12.8. The largest absolute Gasteiger partial charge is 0.465 e. The van der Waals surface area contributed by atoms with Gasteiger partial charge in [0, 0.05) is 25.7 Å². The van der Waals surface area contributed by atoms with Gasteiger partial charge in [0.05, 0.1) is 50.3 Å². The SMILES string of the molecule is CCCCCCCCCCOCC(COCCCCCCCCCC)COC(=O)CCN1C(=O)[C@@H]2[C@H](C1=O)[C@H]1C=C[C@@H]2O1. The minimum atomic E-state index is -0.445. The third-order valence-electron chi connectivity index (χ3n) is 9.01. The highest BCUT2D eigenvalue weighted by atomic mass is 16.5. The third-order valence-corrected chi connectivity index (χ3v) is 9.01. The Bertz CT molecular complexity index is 792. The molecule has 0 N–H and O–H groups in total. The van der Waals surface area contributed by atoms with Gasteiger partial charge in [-0.1, -0.05) is 116 Å². The highest BCUT2D eigenvalue weighted by Gasteiger charge is 2.60. The van der Waals surface area contributed by atoms with Gasteiger partial charge in [0.2, 0.25) is 11.8 Å². The number of unbranched alkanes of at least 4 members (excludes halogenated alkanes) is 14. The van der Waals surface area contributed by atoms with Crippen LogP contribution >= 0.6 is 0 Å². The van der Waals surface area contributed by atoms with Crippen LogP contribution in [-0.4, -0.2) is 74.5 Å². The number of carbonyl (C=O) groups excluding carboxylic acids is 3. The summed E-state index contributed by atoms with van der Waals surface area (Å²) in [7, 11) is 0. The molecule has 8 heteroatoms. The molecule has 2 bridgehead atoms. The summed E-state index contributed by atoms with van der Waals surface area (Å²) < 4.78 is 23.2. The van der Waals surface area contributed by atoms with Crippen LogP contribution in [-0.2, 0) is 33.3 Å². The Morgan fingerprint density at radius 1 is 0.698 bits per heavy atom. The van der Waals surface area contributed by atoms with Crippen molar-refractivity contribution in [2.75, 3.05) is 39.6 Å². The van der Waals surface area contributed by atoms with E-state index in [1.165, 1.54) is 94.8 Å². The van der Waals surface area contributed by atoms with Crippen molar-refractivity contribution in [1.29, 1.82) is 0 Å². The van der Waals surface area contributed by atoms with E-state index in [1.54, 1.807) is 0 Å². The molecule has 2 fully saturated rings. The summed E-state index contributed by atoms with van der Waals surface area (Å²) in [6, 6.07) is 0. The van der Waals surface area contributed by atoms with E-state index in [0.29, 0.717) is 26.4 Å². The summed E-state index contributed by atoms with van der Waals surface area (Å²) >= 11 is 0. The average Bonchev–Trinajstić information content (AvgIpc) is 3.69. The fourth-order valence-electron chi connectivity index (χ4n) is 6.39. The molecule has 0 saturated carbocycles. The molecule has 43 heavy (non-hydrogen) atoms. The van der Waals surface area contributed by atoms with Crippen molar-refractivity contribution < 1.29 is 33.3 Å². The first-order valence-corrected chi connectivity index (χ1v) is 17.6. The lowest BCUT2D eigenvalue weighted by molar-refractivity contribution is -0.148. The normalized spacial score (nSPS) is 22.3. The molecule has 0 unspecified atom stereocenters. The molecule has 0 aromatic rings. The molecule has 0 radical (unpaired) electrons. The van der Waals surface area contributed by atoms with Gasteiger partial charge < -0.3 is 18.9 Å². The number of nitrogens with zero attached hydrogens (tertiary/aromatic N) is 1. The lowest BCUT2D eigenvalue weighted by Crippen LogP contribution is -2.36. The molecule has 3 rings (SSSR count). The second-order valence-corrected chi connectivity index (χ2v) is 12.7. The Kier molecular flexibility index (Phi) is 17.5. The number of hydrogen-bond donors (Lipinski definition) is 0. The van der Waals surface area contributed by atoms with Crippen LogP contribution in [0.4, 0.5) is 0 Å². The number of likely N-dealkylation sites (tertiary alicyclic amines) is 1. The van der Waals surface area contributed by atoms with Gasteiger partial charge in [0.1, 0.15) is 0 Å². The lowest BCUT2D eigenvalue weighted by Gasteiger charge is -2.19. The summed E-state index contributed by atoms with van der Waals surface area (Å²) in [6.45, 7) is 7.14. The second-order valence-electron chi connectivity index (χ2n) is 12.7. The van der Waals surface area contributed by atoms with Crippen LogP contribution in [0.3, 0.4) is 0 Å². The van der Waals surface area contributed by atoms with Gasteiger partial charge in [-0.05, 0) is 12.8 Å². The molecule has 0 aromatic heterocycles. The zero-order valence-corrected chi connectivity index (χ0v) is 27.1. The number of rotatable bonds is 27. The van der Waals surface area contributed by atoms with Gasteiger partial charge in [0.25, 0.3) is 0 Å². The lowest BCUT2D eigenvalue weighted by atomic mass is 9.85. The number of amides is 2. The van der Waals surface area contributed by atoms with Crippen molar-refractivity contribution in [3.05, 3.63) is 12.2 Å². The van der Waals surface area contributed by atoms with E-state index in [-0.39, 0.29) is 49.5 Å². The summed E-state index contributed by atoms with van der Waals surface area (Å²) in [5.74, 6) is -1.81. The smallest absolute Gasteiger partial charge is 0.307 e. The van der Waals surface area contributed by atoms with E-state index >= 15 is 0 Å². The quantitative estimate of drug-likeness (QED) is 0.0441. The number of carbonyl (C=O) groups is 3. The van der Waals surface area contributed by atoms with E-state index in [9.17, 15) is 14.4 Å². The summed E-state index contributed by atoms with van der Waals surface area (Å²) in [5.41, 5.74) is 0.